The summed E-state index contributed by atoms with van der Waals surface area (Å²) in [7, 11) is 0. The Hall–Kier alpha value is -1.82. The lowest BCUT2D eigenvalue weighted by atomic mass is 9.48. The summed E-state index contributed by atoms with van der Waals surface area (Å²) >= 11 is 0. The van der Waals surface area contributed by atoms with Crippen molar-refractivity contribution < 1.29 is 9.66 Å². The summed E-state index contributed by atoms with van der Waals surface area (Å²) in [6, 6.07) is 5.80. The van der Waals surface area contributed by atoms with Gasteiger partial charge in [-0.25, -0.2) is 0 Å². The van der Waals surface area contributed by atoms with Crippen LogP contribution >= 0.6 is 0 Å². The summed E-state index contributed by atoms with van der Waals surface area (Å²) in [6.07, 6.45) is 8.13. The van der Waals surface area contributed by atoms with Crippen molar-refractivity contribution in [3.05, 3.63) is 28.3 Å². The first kappa shape index (κ1) is 18.2. The summed E-state index contributed by atoms with van der Waals surface area (Å²) in [5, 5.41) is 15.3. The Kier molecular flexibility index (Phi) is 4.49. The third-order valence-electron chi connectivity index (χ3n) is 7.93. The van der Waals surface area contributed by atoms with Crippen LogP contribution in [0, 0.1) is 33.3 Å². The van der Waals surface area contributed by atoms with E-state index in [4.69, 9.17) is 4.74 Å². The van der Waals surface area contributed by atoms with Crippen molar-refractivity contribution in [2.24, 2.45) is 23.2 Å². The third kappa shape index (κ3) is 3.15. The molecular weight excluding hydrogens is 354 g/mol. The lowest BCUT2D eigenvalue weighted by Crippen LogP contribution is -2.52. The van der Waals surface area contributed by atoms with Crippen LogP contribution in [0.25, 0.3) is 0 Å². The Morgan fingerprint density at radius 3 is 2.32 bits per heavy atom. The molecule has 0 aromatic heterocycles. The molecule has 1 aliphatic heterocycles. The van der Waals surface area contributed by atoms with E-state index in [0.717, 1.165) is 36.5 Å². The summed E-state index contributed by atoms with van der Waals surface area (Å²) in [5.41, 5.74) is 2.23. The topological polar surface area (TPSA) is 67.6 Å². The lowest BCUT2D eigenvalue weighted by molar-refractivity contribution is -0.384. The number of morpholine rings is 1. The fourth-order valence-electron chi connectivity index (χ4n) is 6.91. The minimum atomic E-state index is -0.252. The summed E-state index contributed by atoms with van der Waals surface area (Å²) in [6.45, 7) is 5.36. The first-order valence-electron chi connectivity index (χ1n) is 10.9. The van der Waals surface area contributed by atoms with E-state index in [1.54, 1.807) is 6.07 Å². The standard InChI is InChI=1S/C22H31N3O3/c1-15(22-12-16-8-17(13-22)10-18(9-16)14-22)23-20-11-19(2-3-21(20)25(26)27)24-4-6-28-7-5-24/h2-3,11,15-18,23H,4-10,12-14H2,1H3/t15-,16?,17?,18?,22?/m0/s1. The molecular formula is C22H31N3O3. The molecule has 4 bridgehead atoms. The van der Waals surface area contributed by atoms with Gasteiger partial charge in [0.25, 0.3) is 5.69 Å². The molecule has 1 saturated heterocycles. The van der Waals surface area contributed by atoms with Crippen LogP contribution in [0.2, 0.25) is 0 Å². The average molecular weight is 386 g/mol. The van der Waals surface area contributed by atoms with Crippen molar-refractivity contribution in [1.29, 1.82) is 0 Å². The number of nitrogens with one attached hydrogen (secondary N) is 1. The molecule has 5 aliphatic rings. The van der Waals surface area contributed by atoms with Crippen molar-refractivity contribution in [3.8, 4) is 0 Å². The predicted octanol–water partition coefficient (Wildman–Crippen LogP) is 4.45. The number of nitro groups is 1. The number of rotatable bonds is 5. The zero-order valence-electron chi connectivity index (χ0n) is 16.7. The molecule has 0 unspecified atom stereocenters. The van der Waals surface area contributed by atoms with Crippen LogP contribution in [0.15, 0.2) is 18.2 Å². The highest BCUT2D eigenvalue weighted by Gasteiger charge is 2.53. The maximum atomic E-state index is 11.7. The molecule has 5 fully saturated rings. The van der Waals surface area contributed by atoms with E-state index in [2.05, 4.69) is 17.1 Å². The molecule has 1 N–H and O–H groups in total. The van der Waals surface area contributed by atoms with Crippen molar-refractivity contribution in [1.82, 2.24) is 0 Å². The Balaban J connectivity index is 1.41. The zero-order valence-corrected chi connectivity index (χ0v) is 16.7. The van der Waals surface area contributed by atoms with E-state index in [1.165, 1.54) is 38.5 Å². The van der Waals surface area contributed by atoms with Crippen LogP contribution in [0.5, 0.6) is 0 Å². The molecule has 0 radical (unpaired) electrons. The van der Waals surface area contributed by atoms with Gasteiger partial charge in [0.1, 0.15) is 5.69 Å². The molecule has 0 spiro atoms. The van der Waals surface area contributed by atoms with Gasteiger partial charge in [-0.2, -0.15) is 0 Å². The van der Waals surface area contributed by atoms with Crippen molar-refractivity contribution in [3.63, 3.8) is 0 Å². The normalized spacial score (nSPS) is 35.0. The number of hydrogen-bond acceptors (Lipinski definition) is 5. The SMILES string of the molecule is C[C@H](Nc1cc(N2CCOCC2)ccc1[N+](=O)[O-])C12CC3CC(CC(C3)C1)C2. The van der Waals surface area contributed by atoms with Crippen LogP contribution in [0.3, 0.4) is 0 Å². The quantitative estimate of drug-likeness (QED) is 0.599. The van der Waals surface area contributed by atoms with Gasteiger partial charge < -0.3 is 15.0 Å². The second-order valence-corrected chi connectivity index (χ2v) is 9.70. The van der Waals surface area contributed by atoms with Gasteiger partial charge in [0.05, 0.1) is 18.1 Å². The Bertz CT molecular complexity index is 724. The van der Waals surface area contributed by atoms with E-state index >= 15 is 0 Å². The third-order valence-corrected chi connectivity index (χ3v) is 7.93. The number of hydrogen-bond donors (Lipinski definition) is 1. The van der Waals surface area contributed by atoms with Crippen molar-refractivity contribution >= 4 is 17.1 Å². The second kappa shape index (κ2) is 6.90. The van der Waals surface area contributed by atoms with E-state index in [1.807, 2.05) is 12.1 Å². The maximum absolute atomic E-state index is 11.7. The molecule has 1 aromatic rings. The molecule has 0 amide bonds. The molecule has 6 heteroatoms. The number of nitrogens with zero attached hydrogens (tertiary/aromatic N) is 2. The molecule has 4 aliphatic carbocycles. The number of ether oxygens (including phenoxy) is 1. The smallest absolute Gasteiger partial charge is 0.292 e. The number of benzene rings is 1. The van der Waals surface area contributed by atoms with Crippen LogP contribution < -0.4 is 10.2 Å². The van der Waals surface area contributed by atoms with Crippen LogP contribution in [-0.4, -0.2) is 37.3 Å². The van der Waals surface area contributed by atoms with Crippen LogP contribution in [0.4, 0.5) is 17.1 Å². The van der Waals surface area contributed by atoms with Gasteiger partial charge >= 0.3 is 0 Å². The zero-order chi connectivity index (χ0) is 19.3. The molecule has 1 atom stereocenters. The minimum absolute atomic E-state index is 0.189. The van der Waals surface area contributed by atoms with E-state index in [0.29, 0.717) is 24.3 Å². The molecule has 28 heavy (non-hydrogen) atoms. The first-order chi connectivity index (χ1) is 13.5. The molecule has 1 heterocycles. The van der Waals surface area contributed by atoms with Crippen molar-refractivity contribution in [2.45, 2.75) is 51.5 Å². The van der Waals surface area contributed by atoms with Gasteiger partial charge in [0.15, 0.2) is 0 Å². The van der Waals surface area contributed by atoms with E-state index in [-0.39, 0.29) is 16.7 Å². The Labute approximate surface area is 166 Å². The monoisotopic (exact) mass is 385 g/mol. The van der Waals surface area contributed by atoms with E-state index < -0.39 is 0 Å². The van der Waals surface area contributed by atoms with Gasteiger partial charge in [0, 0.05) is 30.9 Å². The highest BCUT2D eigenvalue weighted by atomic mass is 16.6. The molecule has 4 saturated carbocycles. The number of anilines is 2. The first-order valence-corrected chi connectivity index (χ1v) is 10.9. The fourth-order valence-corrected chi connectivity index (χ4v) is 6.91. The van der Waals surface area contributed by atoms with Crippen molar-refractivity contribution in [2.75, 3.05) is 36.5 Å². The lowest BCUT2D eigenvalue weighted by Gasteiger charge is -2.59. The summed E-state index contributed by atoms with van der Waals surface area (Å²) < 4.78 is 5.45. The number of nitro benzene ring substituents is 1. The van der Waals surface area contributed by atoms with Gasteiger partial charge in [-0.3, -0.25) is 10.1 Å². The molecule has 6 nitrogen and oxygen atoms in total. The van der Waals surface area contributed by atoms with Gasteiger partial charge in [0.2, 0.25) is 0 Å². The summed E-state index contributed by atoms with van der Waals surface area (Å²) in [4.78, 5) is 13.7. The molecule has 152 valence electrons. The van der Waals surface area contributed by atoms with Gasteiger partial charge in [-0.1, -0.05) is 0 Å². The van der Waals surface area contributed by atoms with Crippen LogP contribution in [-0.2, 0) is 4.74 Å². The fraction of sp³-hybridized carbons (Fsp3) is 0.727. The Morgan fingerprint density at radius 2 is 1.75 bits per heavy atom. The van der Waals surface area contributed by atoms with Gasteiger partial charge in [-0.15, -0.1) is 0 Å². The second-order valence-electron chi connectivity index (χ2n) is 9.70. The highest BCUT2D eigenvalue weighted by molar-refractivity contribution is 5.69. The highest BCUT2D eigenvalue weighted by Crippen LogP contribution is 2.61. The predicted molar refractivity (Wildman–Crippen MR) is 110 cm³/mol. The average Bonchev–Trinajstić information content (AvgIpc) is 2.67. The van der Waals surface area contributed by atoms with Crippen LogP contribution in [0.1, 0.15) is 45.4 Å². The maximum Gasteiger partial charge on any atom is 0.292 e. The van der Waals surface area contributed by atoms with Gasteiger partial charge in [-0.05, 0) is 80.8 Å². The molecule has 6 rings (SSSR count). The molecule has 1 aromatic carbocycles. The largest absolute Gasteiger partial charge is 0.378 e. The van der Waals surface area contributed by atoms with E-state index in [9.17, 15) is 10.1 Å². The summed E-state index contributed by atoms with van der Waals surface area (Å²) in [5.74, 6) is 2.64. The Morgan fingerprint density at radius 1 is 1.14 bits per heavy atom. The minimum Gasteiger partial charge on any atom is -0.378 e.